The van der Waals surface area contributed by atoms with Gasteiger partial charge in [0.1, 0.15) is 6.61 Å². The molecule has 1 aliphatic rings. The zero-order valence-corrected chi connectivity index (χ0v) is 10.2. The van der Waals surface area contributed by atoms with Gasteiger partial charge in [0.05, 0.1) is 0 Å². The number of carbonyl (C=O) groups excluding carboxylic acids is 2. The molecule has 0 saturated carbocycles. The number of rotatable bonds is 3. The predicted octanol–water partition coefficient (Wildman–Crippen LogP) is 0.902. The van der Waals surface area contributed by atoms with E-state index < -0.39 is 0 Å². The molecule has 2 atom stereocenters. The second kappa shape index (κ2) is 5.51. The largest absolute Gasteiger partial charge is 0.464 e. The van der Waals surface area contributed by atoms with E-state index in [0.29, 0.717) is 11.9 Å². The van der Waals surface area contributed by atoms with Crippen LogP contribution in [0.1, 0.15) is 20.3 Å². The van der Waals surface area contributed by atoms with Crippen molar-refractivity contribution in [2.75, 3.05) is 20.2 Å². The zero-order valence-electron chi connectivity index (χ0n) is 9.36. The highest BCUT2D eigenvalue weighted by molar-refractivity contribution is 8.14. The highest BCUT2D eigenvalue weighted by Gasteiger charge is 2.31. The van der Waals surface area contributed by atoms with Gasteiger partial charge in [-0.05, 0) is 13.5 Å². The fourth-order valence-corrected chi connectivity index (χ4v) is 2.85. The van der Waals surface area contributed by atoms with Gasteiger partial charge in [0.15, 0.2) is 5.12 Å². The van der Waals surface area contributed by atoms with Crippen molar-refractivity contribution in [1.29, 1.82) is 0 Å². The maximum absolute atomic E-state index is 10.9. The van der Waals surface area contributed by atoms with Crippen LogP contribution in [0, 0.1) is 0 Å². The minimum Gasteiger partial charge on any atom is -0.464 e. The van der Waals surface area contributed by atoms with Gasteiger partial charge in [0, 0.05) is 31.7 Å². The van der Waals surface area contributed by atoms with Crippen molar-refractivity contribution >= 4 is 22.8 Å². The summed E-state index contributed by atoms with van der Waals surface area (Å²) in [6.45, 7) is 4.32. The van der Waals surface area contributed by atoms with Gasteiger partial charge in [-0.15, -0.1) is 0 Å². The summed E-state index contributed by atoms with van der Waals surface area (Å²) in [6.07, 6.45) is 0.911. The normalized spacial score (nSPS) is 26.6. The summed E-state index contributed by atoms with van der Waals surface area (Å²) < 4.78 is 4.97. The van der Waals surface area contributed by atoms with Gasteiger partial charge < -0.3 is 4.74 Å². The molecular formula is C10H17NO3S. The molecule has 5 heteroatoms. The van der Waals surface area contributed by atoms with Gasteiger partial charge >= 0.3 is 5.97 Å². The number of likely N-dealkylation sites (tertiary alicyclic amines) is 1. The van der Waals surface area contributed by atoms with E-state index in [1.807, 2.05) is 7.05 Å². The molecule has 0 bridgehead atoms. The first kappa shape index (κ1) is 12.5. The lowest BCUT2D eigenvalue weighted by Crippen LogP contribution is -2.30. The molecule has 0 aromatic carbocycles. The highest BCUT2D eigenvalue weighted by atomic mass is 32.2. The van der Waals surface area contributed by atoms with Crippen LogP contribution in [0.25, 0.3) is 0 Å². The van der Waals surface area contributed by atoms with Crippen molar-refractivity contribution < 1.29 is 14.3 Å². The molecule has 0 spiro atoms. The fraction of sp³-hybridized carbons (Fsp3) is 0.800. The third-order valence-electron chi connectivity index (χ3n) is 2.46. The summed E-state index contributed by atoms with van der Waals surface area (Å²) in [5.74, 6) is -0.244. The second-order valence-electron chi connectivity index (χ2n) is 3.86. The van der Waals surface area contributed by atoms with E-state index in [1.54, 1.807) is 6.92 Å². The van der Waals surface area contributed by atoms with Crippen LogP contribution in [0.5, 0.6) is 0 Å². The van der Waals surface area contributed by atoms with E-state index in [0.717, 1.165) is 13.0 Å². The predicted molar refractivity (Wildman–Crippen MR) is 59.7 cm³/mol. The van der Waals surface area contributed by atoms with Crippen molar-refractivity contribution in [3.63, 3.8) is 0 Å². The molecule has 0 unspecified atom stereocenters. The van der Waals surface area contributed by atoms with Crippen molar-refractivity contribution in [2.45, 2.75) is 31.6 Å². The molecule has 4 nitrogen and oxygen atoms in total. The molecule has 0 aromatic heterocycles. The van der Waals surface area contributed by atoms with Crippen molar-refractivity contribution in [3.05, 3.63) is 0 Å². The van der Waals surface area contributed by atoms with Crippen LogP contribution in [0.2, 0.25) is 0 Å². The lowest BCUT2D eigenvalue weighted by atomic mass is 10.2. The molecule has 15 heavy (non-hydrogen) atoms. The molecule has 0 amide bonds. The Hall–Kier alpha value is -0.550. The average Bonchev–Trinajstić information content (AvgIpc) is 2.41. The van der Waals surface area contributed by atoms with E-state index in [-0.39, 0.29) is 17.1 Å². The molecule has 1 fully saturated rings. The molecular weight excluding hydrogens is 214 g/mol. The van der Waals surface area contributed by atoms with E-state index in [1.165, 1.54) is 18.7 Å². The Morgan fingerprint density at radius 1 is 1.47 bits per heavy atom. The summed E-state index contributed by atoms with van der Waals surface area (Å²) in [5, 5.41) is 0.495. The summed E-state index contributed by atoms with van der Waals surface area (Å²) >= 11 is 1.38. The van der Waals surface area contributed by atoms with Crippen molar-refractivity contribution in [1.82, 2.24) is 4.90 Å². The van der Waals surface area contributed by atoms with E-state index in [4.69, 9.17) is 4.74 Å². The SMILES string of the molecule is CC(=O)OC[C@@H]1C[C@H](SC(C)=O)CN1C. The first-order chi connectivity index (χ1) is 6.99. The lowest BCUT2D eigenvalue weighted by Gasteiger charge is -2.17. The molecule has 0 radical (unpaired) electrons. The topological polar surface area (TPSA) is 46.6 Å². The van der Waals surface area contributed by atoms with Crippen LogP contribution in [-0.2, 0) is 14.3 Å². The standard InChI is InChI=1S/C10H17NO3S/c1-7(12)14-6-9-4-10(5-11(9)3)15-8(2)13/h9-10H,4-6H2,1-3H3/t9-,10-/m0/s1. The first-order valence-electron chi connectivity index (χ1n) is 5.00. The summed E-state index contributed by atoms with van der Waals surface area (Å²) in [6, 6.07) is 0.255. The van der Waals surface area contributed by atoms with Gasteiger partial charge in [-0.1, -0.05) is 11.8 Å². The smallest absolute Gasteiger partial charge is 0.302 e. The Bertz CT molecular complexity index is 257. The molecule has 0 aromatic rings. The Kier molecular flexibility index (Phi) is 4.60. The van der Waals surface area contributed by atoms with E-state index in [2.05, 4.69) is 4.90 Å². The van der Waals surface area contributed by atoms with Crippen LogP contribution in [0.15, 0.2) is 0 Å². The number of hydrogen-bond donors (Lipinski definition) is 0. The number of ether oxygens (including phenoxy) is 1. The molecule has 0 aliphatic carbocycles. The first-order valence-corrected chi connectivity index (χ1v) is 5.88. The number of likely N-dealkylation sites (N-methyl/N-ethyl adjacent to an activating group) is 1. The van der Waals surface area contributed by atoms with Gasteiger partial charge in [-0.3, -0.25) is 14.5 Å². The number of hydrogen-bond acceptors (Lipinski definition) is 5. The second-order valence-corrected chi connectivity index (χ2v) is 5.34. The summed E-state index contributed by atoms with van der Waals surface area (Å²) in [7, 11) is 1.99. The third-order valence-corrected chi connectivity index (χ3v) is 3.47. The molecule has 1 heterocycles. The molecule has 1 saturated heterocycles. The highest BCUT2D eigenvalue weighted by Crippen LogP contribution is 2.26. The van der Waals surface area contributed by atoms with Crippen LogP contribution in [0.3, 0.4) is 0 Å². The fourth-order valence-electron chi connectivity index (χ4n) is 1.76. The zero-order chi connectivity index (χ0) is 11.4. The van der Waals surface area contributed by atoms with Crippen LogP contribution in [-0.4, -0.2) is 47.5 Å². The van der Waals surface area contributed by atoms with Gasteiger partial charge in [-0.25, -0.2) is 0 Å². The van der Waals surface area contributed by atoms with E-state index >= 15 is 0 Å². The number of thioether (sulfide) groups is 1. The van der Waals surface area contributed by atoms with Crippen LogP contribution in [0.4, 0.5) is 0 Å². The summed E-state index contributed by atoms with van der Waals surface area (Å²) in [5.41, 5.74) is 0. The molecule has 0 N–H and O–H groups in total. The minimum atomic E-state index is -0.244. The monoisotopic (exact) mass is 231 g/mol. The van der Waals surface area contributed by atoms with Gasteiger partial charge in [-0.2, -0.15) is 0 Å². The quantitative estimate of drug-likeness (QED) is 0.675. The Labute approximate surface area is 94.3 Å². The molecule has 1 rings (SSSR count). The van der Waals surface area contributed by atoms with E-state index in [9.17, 15) is 9.59 Å². The van der Waals surface area contributed by atoms with Crippen molar-refractivity contribution in [2.24, 2.45) is 0 Å². The maximum atomic E-state index is 10.9. The number of nitrogens with zero attached hydrogens (tertiary/aromatic N) is 1. The van der Waals surface area contributed by atoms with Gasteiger partial charge in [0.25, 0.3) is 0 Å². The Morgan fingerprint density at radius 2 is 2.13 bits per heavy atom. The Balaban J connectivity index is 2.35. The minimum absolute atomic E-state index is 0.154. The number of carbonyl (C=O) groups is 2. The third kappa shape index (κ3) is 4.22. The Morgan fingerprint density at radius 3 is 2.67 bits per heavy atom. The van der Waals surface area contributed by atoms with Crippen LogP contribution < -0.4 is 0 Å². The summed E-state index contributed by atoms with van der Waals surface area (Å²) in [4.78, 5) is 23.7. The van der Waals surface area contributed by atoms with Crippen molar-refractivity contribution in [3.8, 4) is 0 Å². The average molecular weight is 231 g/mol. The number of esters is 1. The van der Waals surface area contributed by atoms with Gasteiger partial charge in [0.2, 0.25) is 0 Å². The molecule has 86 valence electrons. The maximum Gasteiger partial charge on any atom is 0.302 e. The lowest BCUT2D eigenvalue weighted by molar-refractivity contribution is -0.142. The molecule has 1 aliphatic heterocycles. The van der Waals surface area contributed by atoms with Crippen LogP contribution >= 0.6 is 11.8 Å².